The first kappa shape index (κ1) is 20.2. The Morgan fingerprint density at radius 1 is 0.667 bits per heavy atom. The molecule has 0 aromatic rings. The minimum absolute atomic E-state index is 0.261. The third-order valence-corrected chi connectivity index (χ3v) is 5.93. The van der Waals surface area contributed by atoms with Crippen molar-refractivity contribution in [1.29, 1.82) is 0 Å². The maximum absolute atomic E-state index is 3.91. The second-order valence-electron chi connectivity index (χ2n) is 11.0. The van der Waals surface area contributed by atoms with Gasteiger partial charge in [0.05, 0.1) is 0 Å². The molecule has 0 radical (unpaired) electrons. The van der Waals surface area contributed by atoms with E-state index in [0.29, 0.717) is 5.41 Å². The Bertz CT molecular complexity index is 311. The lowest BCUT2D eigenvalue weighted by Crippen LogP contribution is -2.47. The van der Waals surface area contributed by atoms with Gasteiger partial charge in [-0.05, 0) is 89.5 Å². The summed E-state index contributed by atoms with van der Waals surface area (Å²) in [6, 6.07) is 1.51. The van der Waals surface area contributed by atoms with E-state index in [2.05, 4.69) is 52.2 Å². The van der Waals surface area contributed by atoms with Crippen molar-refractivity contribution in [3.63, 3.8) is 0 Å². The lowest BCUT2D eigenvalue weighted by Gasteiger charge is -2.36. The van der Waals surface area contributed by atoms with Crippen LogP contribution in [-0.2, 0) is 0 Å². The molecule has 2 aliphatic rings. The molecule has 2 saturated carbocycles. The Morgan fingerprint density at radius 2 is 1.17 bits per heavy atom. The molecular weight excluding hydrogens is 292 g/mol. The summed E-state index contributed by atoms with van der Waals surface area (Å²) in [7, 11) is 0. The van der Waals surface area contributed by atoms with Gasteiger partial charge in [-0.3, -0.25) is 0 Å². The summed E-state index contributed by atoms with van der Waals surface area (Å²) in [6.45, 7) is 15.3. The standard InChI is InChI=1S/C22H44N2/c1-21(2,3)15-17-7-9-18(10-8-17)16-23-19-11-13-20(14-12-19)24-22(4,5)6/h17-20,23-24H,7-16H2,1-6H3. The summed E-state index contributed by atoms with van der Waals surface area (Å²) < 4.78 is 0. The highest BCUT2D eigenvalue weighted by Crippen LogP contribution is 2.36. The van der Waals surface area contributed by atoms with E-state index in [9.17, 15) is 0 Å². The van der Waals surface area contributed by atoms with E-state index in [0.717, 1.165) is 23.9 Å². The van der Waals surface area contributed by atoms with Gasteiger partial charge in [-0.2, -0.15) is 0 Å². The fourth-order valence-corrected chi connectivity index (χ4v) is 4.89. The molecule has 2 rings (SSSR count). The van der Waals surface area contributed by atoms with Crippen molar-refractivity contribution < 1.29 is 0 Å². The van der Waals surface area contributed by atoms with E-state index in [1.54, 1.807) is 0 Å². The molecule has 0 saturated heterocycles. The summed E-state index contributed by atoms with van der Waals surface area (Å²) in [6.07, 6.45) is 12.6. The predicted octanol–water partition coefficient (Wildman–Crippen LogP) is 5.52. The topological polar surface area (TPSA) is 24.1 Å². The Labute approximate surface area is 151 Å². The van der Waals surface area contributed by atoms with E-state index in [1.165, 1.54) is 64.3 Å². The maximum atomic E-state index is 3.91. The largest absolute Gasteiger partial charge is 0.314 e. The van der Waals surface area contributed by atoms with Crippen LogP contribution in [0.4, 0.5) is 0 Å². The normalized spacial score (nSPS) is 32.8. The van der Waals surface area contributed by atoms with E-state index >= 15 is 0 Å². The van der Waals surface area contributed by atoms with Gasteiger partial charge in [-0.1, -0.05) is 33.6 Å². The van der Waals surface area contributed by atoms with Crippen LogP contribution in [0.3, 0.4) is 0 Å². The fraction of sp³-hybridized carbons (Fsp3) is 1.00. The molecule has 2 nitrogen and oxygen atoms in total. The molecule has 0 spiro atoms. The zero-order chi connectivity index (χ0) is 17.8. The van der Waals surface area contributed by atoms with Crippen LogP contribution in [0, 0.1) is 17.3 Å². The SMILES string of the molecule is CC(C)(C)CC1CCC(CNC2CCC(NC(C)(C)C)CC2)CC1. The zero-order valence-corrected chi connectivity index (χ0v) is 17.4. The predicted molar refractivity (Wildman–Crippen MR) is 106 cm³/mol. The van der Waals surface area contributed by atoms with Gasteiger partial charge in [0.2, 0.25) is 0 Å². The molecule has 2 heteroatoms. The summed E-state index contributed by atoms with van der Waals surface area (Å²) in [5.41, 5.74) is 0.770. The van der Waals surface area contributed by atoms with Gasteiger partial charge in [0.15, 0.2) is 0 Å². The molecule has 2 aliphatic carbocycles. The van der Waals surface area contributed by atoms with Crippen molar-refractivity contribution in [2.45, 2.75) is 117 Å². The molecule has 24 heavy (non-hydrogen) atoms. The first-order valence-corrected chi connectivity index (χ1v) is 10.6. The molecule has 0 amide bonds. The van der Waals surface area contributed by atoms with Gasteiger partial charge in [0.1, 0.15) is 0 Å². The minimum Gasteiger partial charge on any atom is -0.314 e. The van der Waals surface area contributed by atoms with Crippen molar-refractivity contribution in [2.75, 3.05) is 6.54 Å². The summed E-state index contributed by atoms with van der Waals surface area (Å²) in [5.74, 6) is 1.92. The zero-order valence-electron chi connectivity index (χ0n) is 17.4. The average Bonchev–Trinajstić information content (AvgIpc) is 2.45. The van der Waals surface area contributed by atoms with Crippen molar-refractivity contribution in [1.82, 2.24) is 10.6 Å². The average molecular weight is 337 g/mol. The van der Waals surface area contributed by atoms with Crippen molar-refractivity contribution in [3.05, 3.63) is 0 Å². The lowest BCUT2D eigenvalue weighted by molar-refractivity contribution is 0.194. The lowest BCUT2D eigenvalue weighted by atomic mass is 9.74. The molecule has 142 valence electrons. The second kappa shape index (κ2) is 8.54. The van der Waals surface area contributed by atoms with Crippen LogP contribution in [-0.4, -0.2) is 24.2 Å². The Kier molecular flexibility index (Phi) is 7.20. The highest BCUT2D eigenvalue weighted by Gasteiger charge is 2.27. The molecule has 0 aromatic heterocycles. The highest BCUT2D eigenvalue weighted by atomic mass is 15.0. The van der Waals surface area contributed by atoms with Crippen LogP contribution in [0.15, 0.2) is 0 Å². The van der Waals surface area contributed by atoms with Crippen LogP contribution in [0.2, 0.25) is 0 Å². The molecule has 0 aliphatic heterocycles. The van der Waals surface area contributed by atoms with Crippen LogP contribution in [0.25, 0.3) is 0 Å². The molecule has 2 N–H and O–H groups in total. The van der Waals surface area contributed by atoms with Gasteiger partial charge < -0.3 is 10.6 Å². The molecule has 2 fully saturated rings. The van der Waals surface area contributed by atoms with Crippen LogP contribution in [0.5, 0.6) is 0 Å². The first-order valence-electron chi connectivity index (χ1n) is 10.6. The summed E-state index contributed by atoms with van der Waals surface area (Å²) in [5, 5.41) is 7.69. The van der Waals surface area contributed by atoms with Crippen molar-refractivity contribution in [3.8, 4) is 0 Å². The minimum atomic E-state index is 0.261. The van der Waals surface area contributed by atoms with E-state index < -0.39 is 0 Å². The van der Waals surface area contributed by atoms with Crippen molar-refractivity contribution >= 4 is 0 Å². The molecule has 0 bridgehead atoms. The van der Waals surface area contributed by atoms with Crippen LogP contribution in [0.1, 0.15) is 99.3 Å². The summed E-state index contributed by atoms with van der Waals surface area (Å²) in [4.78, 5) is 0. The number of hydrogen-bond acceptors (Lipinski definition) is 2. The Balaban J connectivity index is 1.59. The molecule has 0 atom stereocenters. The first-order chi connectivity index (χ1) is 11.1. The number of nitrogens with one attached hydrogen (secondary N) is 2. The van der Waals surface area contributed by atoms with Gasteiger partial charge in [-0.25, -0.2) is 0 Å². The number of rotatable bonds is 5. The quantitative estimate of drug-likeness (QED) is 0.691. The third kappa shape index (κ3) is 7.87. The fourth-order valence-electron chi connectivity index (χ4n) is 4.89. The Hall–Kier alpha value is -0.0800. The van der Waals surface area contributed by atoms with Crippen LogP contribution >= 0.6 is 0 Å². The van der Waals surface area contributed by atoms with E-state index in [4.69, 9.17) is 0 Å². The molecule has 0 heterocycles. The van der Waals surface area contributed by atoms with Crippen LogP contribution < -0.4 is 10.6 Å². The van der Waals surface area contributed by atoms with Crippen molar-refractivity contribution in [2.24, 2.45) is 17.3 Å². The second-order valence-corrected chi connectivity index (χ2v) is 11.0. The third-order valence-electron chi connectivity index (χ3n) is 5.93. The van der Waals surface area contributed by atoms with Gasteiger partial charge >= 0.3 is 0 Å². The molecule has 0 aromatic carbocycles. The maximum Gasteiger partial charge on any atom is 0.00990 e. The summed E-state index contributed by atoms with van der Waals surface area (Å²) >= 11 is 0. The van der Waals surface area contributed by atoms with Gasteiger partial charge in [-0.15, -0.1) is 0 Å². The molecule has 0 unspecified atom stereocenters. The Morgan fingerprint density at radius 3 is 1.67 bits per heavy atom. The number of hydrogen-bond donors (Lipinski definition) is 2. The highest BCUT2D eigenvalue weighted by molar-refractivity contribution is 4.86. The van der Waals surface area contributed by atoms with Gasteiger partial charge in [0, 0.05) is 17.6 Å². The smallest absolute Gasteiger partial charge is 0.00990 e. The van der Waals surface area contributed by atoms with E-state index in [1.807, 2.05) is 0 Å². The van der Waals surface area contributed by atoms with E-state index in [-0.39, 0.29) is 5.54 Å². The monoisotopic (exact) mass is 336 g/mol. The molecular formula is C22H44N2. The van der Waals surface area contributed by atoms with Gasteiger partial charge in [0.25, 0.3) is 0 Å².